The van der Waals surface area contributed by atoms with E-state index in [9.17, 15) is 9.18 Å². The Morgan fingerprint density at radius 2 is 2.08 bits per heavy atom. The van der Waals surface area contributed by atoms with E-state index in [0.717, 1.165) is 47.6 Å². The number of halogens is 1. The van der Waals surface area contributed by atoms with Crippen LogP contribution in [0.1, 0.15) is 38.5 Å². The fraction of sp³-hybridized carbons (Fsp3) is 0.556. The molecular formula is C18H22FN3OS. The molecule has 1 aromatic heterocycles. The molecular weight excluding hydrogens is 325 g/mol. The second kappa shape index (κ2) is 6.67. The first-order chi connectivity index (χ1) is 11.7. The lowest BCUT2D eigenvalue weighted by Gasteiger charge is -2.32. The second-order valence-corrected chi connectivity index (χ2v) is 7.89. The van der Waals surface area contributed by atoms with Crippen molar-refractivity contribution in [1.82, 2.24) is 10.3 Å². The molecule has 1 unspecified atom stereocenters. The molecule has 0 bridgehead atoms. The van der Waals surface area contributed by atoms with Gasteiger partial charge in [0.25, 0.3) is 0 Å². The van der Waals surface area contributed by atoms with E-state index in [1.54, 1.807) is 6.07 Å². The average molecular weight is 347 g/mol. The number of aromatic nitrogens is 1. The van der Waals surface area contributed by atoms with Crippen LogP contribution in [0.3, 0.4) is 0 Å². The maximum atomic E-state index is 13.4. The van der Waals surface area contributed by atoms with E-state index >= 15 is 0 Å². The number of hydrogen-bond donors (Lipinski definition) is 1. The van der Waals surface area contributed by atoms with E-state index in [1.807, 2.05) is 0 Å². The molecule has 1 aromatic carbocycles. The topological polar surface area (TPSA) is 45.2 Å². The van der Waals surface area contributed by atoms with Gasteiger partial charge in [0, 0.05) is 19.1 Å². The number of carbonyl (C=O) groups is 1. The fourth-order valence-corrected chi connectivity index (χ4v) is 4.80. The van der Waals surface area contributed by atoms with Gasteiger partial charge >= 0.3 is 0 Å². The molecule has 2 aliphatic rings. The molecule has 6 heteroatoms. The first kappa shape index (κ1) is 15.8. The normalized spacial score (nSPS) is 22.2. The van der Waals surface area contributed by atoms with E-state index in [1.165, 1.54) is 36.3 Å². The number of benzene rings is 1. The highest BCUT2D eigenvalue weighted by molar-refractivity contribution is 7.22. The minimum atomic E-state index is -0.231. The number of amides is 1. The maximum Gasteiger partial charge on any atom is 0.225 e. The molecule has 1 saturated heterocycles. The van der Waals surface area contributed by atoms with Gasteiger partial charge in [-0.1, -0.05) is 24.2 Å². The first-order valence-corrected chi connectivity index (χ1v) is 9.62. The molecule has 2 fully saturated rings. The summed E-state index contributed by atoms with van der Waals surface area (Å²) in [7, 11) is 0. The fourth-order valence-electron chi connectivity index (χ4n) is 3.78. The monoisotopic (exact) mass is 347 g/mol. The summed E-state index contributed by atoms with van der Waals surface area (Å²) in [6.07, 6.45) is 6.62. The molecule has 4 nitrogen and oxygen atoms in total. The highest BCUT2D eigenvalue weighted by atomic mass is 32.1. The van der Waals surface area contributed by atoms with Gasteiger partial charge in [-0.3, -0.25) is 4.79 Å². The van der Waals surface area contributed by atoms with Crippen LogP contribution in [-0.4, -0.2) is 30.0 Å². The third-order valence-corrected chi connectivity index (χ3v) is 6.18. The van der Waals surface area contributed by atoms with E-state index in [0.29, 0.717) is 12.6 Å². The quantitative estimate of drug-likeness (QED) is 0.921. The van der Waals surface area contributed by atoms with Gasteiger partial charge in [0.1, 0.15) is 5.82 Å². The van der Waals surface area contributed by atoms with Crippen molar-refractivity contribution >= 4 is 32.6 Å². The second-order valence-electron chi connectivity index (χ2n) is 6.88. The average Bonchev–Trinajstić information content (AvgIpc) is 3.24. The van der Waals surface area contributed by atoms with Gasteiger partial charge in [-0.25, -0.2) is 9.37 Å². The summed E-state index contributed by atoms with van der Waals surface area (Å²) in [6.45, 7) is 1.62. The van der Waals surface area contributed by atoms with Crippen molar-refractivity contribution < 1.29 is 9.18 Å². The summed E-state index contributed by atoms with van der Waals surface area (Å²) < 4.78 is 14.2. The third kappa shape index (κ3) is 3.24. The number of anilines is 1. The van der Waals surface area contributed by atoms with Gasteiger partial charge in [-0.05, 0) is 43.9 Å². The Hall–Kier alpha value is -1.69. The zero-order valence-corrected chi connectivity index (χ0v) is 14.4. The van der Waals surface area contributed by atoms with Crippen LogP contribution in [-0.2, 0) is 4.79 Å². The molecule has 24 heavy (non-hydrogen) atoms. The Kier molecular flexibility index (Phi) is 4.39. The zero-order valence-electron chi connectivity index (χ0n) is 13.6. The van der Waals surface area contributed by atoms with Crippen LogP contribution in [0.25, 0.3) is 10.2 Å². The summed E-state index contributed by atoms with van der Waals surface area (Å²) in [5.74, 6) is -0.00739. The van der Waals surface area contributed by atoms with Crippen LogP contribution in [0, 0.1) is 11.7 Å². The minimum Gasteiger partial charge on any atom is -0.353 e. The molecule has 0 radical (unpaired) electrons. The van der Waals surface area contributed by atoms with Gasteiger partial charge in [-0.15, -0.1) is 0 Å². The molecule has 0 spiro atoms. The predicted octanol–water partition coefficient (Wildman–Crippen LogP) is 3.71. The molecule has 2 heterocycles. The van der Waals surface area contributed by atoms with Gasteiger partial charge in [-0.2, -0.15) is 0 Å². The van der Waals surface area contributed by atoms with Crippen LogP contribution in [0.5, 0.6) is 0 Å². The van der Waals surface area contributed by atoms with Gasteiger partial charge in [0.2, 0.25) is 5.91 Å². The van der Waals surface area contributed by atoms with E-state index in [-0.39, 0.29) is 17.6 Å². The minimum absolute atomic E-state index is 0.0306. The molecule has 4 rings (SSSR count). The number of rotatable bonds is 3. The van der Waals surface area contributed by atoms with Crippen molar-refractivity contribution in [2.45, 2.75) is 44.6 Å². The molecule has 1 aliphatic carbocycles. The van der Waals surface area contributed by atoms with E-state index < -0.39 is 0 Å². The number of thiazole rings is 1. The molecule has 1 N–H and O–H groups in total. The Bertz CT molecular complexity index is 741. The SMILES string of the molecule is O=C(NC1CCCC1)C1CCCN(c2nc3ccc(F)cc3s2)C1. The van der Waals surface area contributed by atoms with Crippen LogP contribution in [0.15, 0.2) is 18.2 Å². The third-order valence-electron chi connectivity index (χ3n) is 5.10. The molecule has 2 aromatic rings. The lowest BCUT2D eigenvalue weighted by Crippen LogP contribution is -2.45. The van der Waals surface area contributed by atoms with Crippen LogP contribution >= 0.6 is 11.3 Å². The van der Waals surface area contributed by atoms with Gasteiger partial charge in [0.15, 0.2) is 5.13 Å². The van der Waals surface area contributed by atoms with E-state index in [4.69, 9.17) is 0 Å². The number of nitrogens with zero attached hydrogens (tertiary/aromatic N) is 2. The van der Waals surface area contributed by atoms with Gasteiger partial charge < -0.3 is 10.2 Å². The van der Waals surface area contributed by atoms with E-state index in [2.05, 4.69) is 15.2 Å². The molecule has 1 aliphatic heterocycles. The highest BCUT2D eigenvalue weighted by Gasteiger charge is 2.29. The summed E-state index contributed by atoms with van der Waals surface area (Å²) >= 11 is 1.51. The summed E-state index contributed by atoms with van der Waals surface area (Å²) in [5.41, 5.74) is 0.828. The number of piperidine rings is 1. The maximum absolute atomic E-state index is 13.4. The number of hydrogen-bond acceptors (Lipinski definition) is 4. The lowest BCUT2D eigenvalue weighted by atomic mass is 9.97. The predicted molar refractivity (Wildman–Crippen MR) is 94.9 cm³/mol. The van der Waals surface area contributed by atoms with Crippen LogP contribution < -0.4 is 10.2 Å². The number of carbonyl (C=O) groups excluding carboxylic acids is 1. The molecule has 1 saturated carbocycles. The summed E-state index contributed by atoms with van der Waals surface area (Å²) in [6, 6.07) is 5.07. The molecule has 1 amide bonds. The van der Waals surface area contributed by atoms with Gasteiger partial charge in [0.05, 0.1) is 16.1 Å². The molecule has 1 atom stereocenters. The van der Waals surface area contributed by atoms with Crippen molar-refractivity contribution in [3.05, 3.63) is 24.0 Å². The van der Waals surface area contributed by atoms with Crippen LogP contribution in [0.4, 0.5) is 9.52 Å². The number of fused-ring (bicyclic) bond motifs is 1. The summed E-state index contributed by atoms with van der Waals surface area (Å²) in [5, 5.41) is 4.12. The van der Waals surface area contributed by atoms with Crippen molar-refractivity contribution in [2.75, 3.05) is 18.0 Å². The smallest absolute Gasteiger partial charge is 0.225 e. The standard InChI is InChI=1S/C18H22FN3OS/c19-13-7-8-15-16(10-13)24-18(21-15)22-9-3-4-12(11-22)17(23)20-14-5-1-2-6-14/h7-8,10,12,14H,1-6,9,11H2,(H,20,23). The Morgan fingerprint density at radius 3 is 2.92 bits per heavy atom. The van der Waals surface area contributed by atoms with Crippen molar-refractivity contribution in [1.29, 1.82) is 0 Å². The number of nitrogens with one attached hydrogen (secondary N) is 1. The Balaban J connectivity index is 1.46. The van der Waals surface area contributed by atoms with Crippen molar-refractivity contribution in [3.63, 3.8) is 0 Å². The largest absolute Gasteiger partial charge is 0.353 e. The van der Waals surface area contributed by atoms with Crippen molar-refractivity contribution in [2.24, 2.45) is 5.92 Å². The zero-order chi connectivity index (χ0) is 16.5. The highest BCUT2D eigenvalue weighted by Crippen LogP contribution is 2.32. The first-order valence-electron chi connectivity index (χ1n) is 8.80. The summed E-state index contributed by atoms with van der Waals surface area (Å²) in [4.78, 5) is 19.3. The molecule has 128 valence electrons. The Morgan fingerprint density at radius 1 is 1.25 bits per heavy atom. The lowest BCUT2D eigenvalue weighted by molar-refractivity contribution is -0.125. The van der Waals surface area contributed by atoms with Crippen LogP contribution in [0.2, 0.25) is 0 Å². The Labute approximate surface area is 145 Å². The van der Waals surface area contributed by atoms with Crippen molar-refractivity contribution in [3.8, 4) is 0 Å².